The standard InChI is InChI=1S/C9H14N2O/c10-9(12)7-2-1-3-8(7)11-6-4-5-6/h6,11H,1-5H2,(H2,10,12). The van der Waals surface area contributed by atoms with Crippen LogP contribution in [0.25, 0.3) is 0 Å². The Kier molecular flexibility index (Phi) is 1.79. The minimum absolute atomic E-state index is 0.240. The summed E-state index contributed by atoms with van der Waals surface area (Å²) in [5, 5.41) is 3.36. The van der Waals surface area contributed by atoms with Crippen LogP contribution in [-0.4, -0.2) is 11.9 Å². The van der Waals surface area contributed by atoms with Crippen LogP contribution >= 0.6 is 0 Å². The van der Waals surface area contributed by atoms with E-state index in [1.54, 1.807) is 0 Å². The first kappa shape index (κ1) is 7.65. The zero-order chi connectivity index (χ0) is 8.55. The molecule has 3 heteroatoms. The van der Waals surface area contributed by atoms with Gasteiger partial charge in [-0.1, -0.05) is 0 Å². The molecule has 0 aromatic rings. The Bertz CT molecular complexity index is 241. The van der Waals surface area contributed by atoms with Crippen LogP contribution in [0.2, 0.25) is 0 Å². The van der Waals surface area contributed by atoms with Crippen molar-refractivity contribution in [1.82, 2.24) is 5.32 Å². The molecule has 1 saturated carbocycles. The van der Waals surface area contributed by atoms with Crippen molar-refractivity contribution in [2.24, 2.45) is 5.73 Å². The van der Waals surface area contributed by atoms with Crippen molar-refractivity contribution in [3.05, 3.63) is 11.3 Å². The summed E-state index contributed by atoms with van der Waals surface area (Å²) in [6.07, 6.45) is 5.44. The van der Waals surface area contributed by atoms with Gasteiger partial charge in [0.15, 0.2) is 0 Å². The Labute approximate surface area is 72.0 Å². The number of rotatable bonds is 3. The average Bonchev–Trinajstić information content (AvgIpc) is 2.66. The molecule has 0 aromatic carbocycles. The molecule has 0 unspecified atom stereocenters. The minimum atomic E-state index is -0.240. The number of nitrogens with one attached hydrogen (secondary N) is 1. The van der Waals surface area contributed by atoms with Crippen LogP contribution in [0.1, 0.15) is 32.1 Å². The van der Waals surface area contributed by atoms with Crippen LogP contribution in [-0.2, 0) is 4.79 Å². The lowest BCUT2D eigenvalue weighted by atomic mass is 10.2. The van der Waals surface area contributed by atoms with E-state index in [1.807, 2.05) is 0 Å². The van der Waals surface area contributed by atoms with E-state index >= 15 is 0 Å². The highest BCUT2D eigenvalue weighted by atomic mass is 16.1. The summed E-state index contributed by atoms with van der Waals surface area (Å²) in [5.41, 5.74) is 7.20. The minimum Gasteiger partial charge on any atom is -0.385 e. The molecule has 2 aliphatic rings. The van der Waals surface area contributed by atoms with Gasteiger partial charge in [-0.2, -0.15) is 0 Å². The molecular formula is C9H14N2O. The Morgan fingerprint density at radius 1 is 1.42 bits per heavy atom. The largest absolute Gasteiger partial charge is 0.385 e. The Hall–Kier alpha value is -0.990. The van der Waals surface area contributed by atoms with E-state index in [-0.39, 0.29) is 5.91 Å². The number of hydrogen-bond acceptors (Lipinski definition) is 2. The highest BCUT2D eigenvalue weighted by Crippen LogP contribution is 2.28. The smallest absolute Gasteiger partial charge is 0.246 e. The Balaban J connectivity index is 2.06. The van der Waals surface area contributed by atoms with Gasteiger partial charge in [0.25, 0.3) is 0 Å². The summed E-state index contributed by atoms with van der Waals surface area (Å²) in [6, 6.07) is 0.632. The number of amides is 1. The number of hydrogen-bond donors (Lipinski definition) is 2. The maximum Gasteiger partial charge on any atom is 0.246 e. The number of carbonyl (C=O) groups excluding carboxylic acids is 1. The molecule has 0 spiro atoms. The van der Waals surface area contributed by atoms with Gasteiger partial charge >= 0.3 is 0 Å². The van der Waals surface area contributed by atoms with Crippen molar-refractivity contribution in [1.29, 1.82) is 0 Å². The molecule has 3 nitrogen and oxygen atoms in total. The number of primary amides is 1. The SMILES string of the molecule is NC(=O)C1=C(NC2CC2)CCC1. The normalized spacial score (nSPS) is 23.0. The third-order valence-corrected chi connectivity index (χ3v) is 2.47. The van der Waals surface area contributed by atoms with E-state index in [9.17, 15) is 4.79 Å². The van der Waals surface area contributed by atoms with Gasteiger partial charge in [0.1, 0.15) is 0 Å². The van der Waals surface area contributed by atoms with Gasteiger partial charge < -0.3 is 11.1 Å². The Morgan fingerprint density at radius 2 is 2.17 bits per heavy atom. The molecule has 1 fully saturated rings. The maximum atomic E-state index is 10.9. The van der Waals surface area contributed by atoms with Gasteiger partial charge in [-0.25, -0.2) is 0 Å². The second-order valence-corrected chi connectivity index (χ2v) is 3.59. The highest BCUT2D eigenvalue weighted by molar-refractivity contribution is 5.93. The quantitative estimate of drug-likeness (QED) is 0.647. The molecule has 0 radical (unpaired) electrons. The summed E-state index contributed by atoms with van der Waals surface area (Å²) < 4.78 is 0. The highest BCUT2D eigenvalue weighted by Gasteiger charge is 2.26. The van der Waals surface area contributed by atoms with Crippen LogP contribution in [0.5, 0.6) is 0 Å². The van der Waals surface area contributed by atoms with Crippen molar-refractivity contribution < 1.29 is 4.79 Å². The van der Waals surface area contributed by atoms with E-state index in [1.165, 1.54) is 12.8 Å². The lowest BCUT2D eigenvalue weighted by Gasteiger charge is -2.06. The molecular weight excluding hydrogens is 152 g/mol. The molecule has 0 aliphatic heterocycles. The van der Waals surface area contributed by atoms with Gasteiger partial charge in [-0.15, -0.1) is 0 Å². The van der Waals surface area contributed by atoms with Gasteiger partial charge in [0, 0.05) is 17.3 Å². The first-order valence-electron chi connectivity index (χ1n) is 4.56. The summed E-state index contributed by atoms with van der Waals surface area (Å²) >= 11 is 0. The molecule has 0 aromatic heterocycles. The number of allylic oxidation sites excluding steroid dienone is 1. The summed E-state index contributed by atoms with van der Waals surface area (Å²) in [4.78, 5) is 10.9. The van der Waals surface area contributed by atoms with Gasteiger partial charge in [-0.05, 0) is 32.1 Å². The molecule has 0 saturated heterocycles. The first-order chi connectivity index (χ1) is 5.77. The van der Waals surface area contributed by atoms with E-state index < -0.39 is 0 Å². The molecule has 12 heavy (non-hydrogen) atoms. The number of carbonyl (C=O) groups is 1. The molecule has 0 atom stereocenters. The van der Waals surface area contributed by atoms with Crippen LogP contribution in [0.3, 0.4) is 0 Å². The van der Waals surface area contributed by atoms with Gasteiger partial charge in [-0.3, -0.25) is 4.79 Å². The zero-order valence-electron chi connectivity index (χ0n) is 7.10. The molecule has 3 N–H and O–H groups in total. The van der Waals surface area contributed by atoms with Gasteiger partial charge in [0.05, 0.1) is 0 Å². The van der Waals surface area contributed by atoms with Crippen LogP contribution in [0.15, 0.2) is 11.3 Å². The fourth-order valence-electron chi connectivity index (χ4n) is 1.65. The second-order valence-electron chi connectivity index (χ2n) is 3.59. The molecule has 0 heterocycles. The van der Waals surface area contributed by atoms with Crippen LogP contribution in [0, 0.1) is 0 Å². The lowest BCUT2D eigenvalue weighted by Crippen LogP contribution is -2.21. The monoisotopic (exact) mass is 166 g/mol. The summed E-state index contributed by atoms with van der Waals surface area (Å²) in [5.74, 6) is -0.240. The third-order valence-electron chi connectivity index (χ3n) is 2.47. The zero-order valence-corrected chi connectivity index (χ0v) is 7.10. The molecule has 1 amide bonds. The fourth-order valence-corrected chi connectivity index (χ4v) is 1.65. The fraction of sp³-hybridized carbons (Fsp3) is 0.667. The van der Waals surface area contributed by atoms with Crippen molar-refractivity contribution >= 4 is 5.91 Å². The summed E-state index contributed by atoms with van der Waals surface area (Å²) in [6.45, 7) is 0. The van der Waals surface area contributed by atoms with Crippen molar-refractivity contribution in [3.8, 4) is 0 Å². The number of nitrogens with two attached hydrogens (primary N) is 1. The predicted molar refractivity (Wildman–Crippen MR) is 46.2 cm³/mol. The van der Waals surface area contributed by atoms with E-state index in [2.05, 4.69) is 5.32 Å². The van der Waals surface area contributed by atoms with Crippen molar-refractivity contribution in [3.63, 3.8) is 0 Å². The topological polar surface area (TPSA) is 55.1 Å². The third kappa shape index (κ3) is 1.44. The van der Waals surface area contributed by atoms with E-state index in [4.69, 9.17) is 5.73 Å². The lowest BCUT2D eigenvalue weighted by molar-refractivity contribution is -0.114. The van der Waals surface area contributed by atoms with E-state index in [0.717, 1.165) is 30.5 Å². The van der Waals surface area contributed by atoms with Crippen molar-refractivity contribution in [2.45, 2.75) is 38.1 Å². The second kappa shape index (κ2) is 2.81. The Morgan fingerprint density at radius 3 is 2.75 bits per heavy atom. The van der Waals surface area contributed by atoms with Crippen molar-refractivity contribution in [2.75, 3.05) is 0 Å². The molecule has 66 valence electrons. The summed E-state index contributed by atoms with van der Waals surface area (Å²) in [7, 11) is 0. The maximum absolute atomic E-state index is 10.9. The average molecular weight is 166 g/mol. The molecule has 2 rings (SSSR count). The first-order valence-corrected chi connectivity index (χ1v) is 4.56. The van der Waals surface area contributed by atoms with Crippen LogP contribution < -0.4 is 11.1 Å². The van der Waals surface area contributed by atoms with Gasteiger partial charge in [0.2, 0.25) is 5.91 Å². The van der Waals surface area contributed by atoms with E-state index in [0.29, 0.717) is 6.04 Å². The molecule has 0 bridgehead atoms. The predicted octanol–water partition coefficient (Wildman–Crippen LogP) is 0.662. The molecule has 2 aliphatic carbocycles. The van der Waals surface area contributed by atoms with Crippen LogP contribution in [0.4, 0.5) is 0 Å².